The van der Waals surface area contributed by atoms with Crippen LogP contribution in [0.2, 0.25) is 0 Å². The van der Waals surface area contributed by atoms with Crippen LogP contribution >= 0.6 is 0 Å². The molecule has 152 valence electrons. The van der Waals surface area contributed by atoms with E-state index in [2.05, 4.69) is 0 Å². The van der Waals surface area contributed by atoms with Crippen molar-refractivity contribution < 1.29 is 24.2 Å². The number of rotatable bonds is 5. The Morgan fingerprint density at radius 2 is 1.63 bits per heavy atom. The topological polar surface area (TPSA) is 76.1 Å². The monoisotopic (exact) mass is 403 g/mol. The van der Waals surface area contributed by atoms with Crippen LogP contribution in [-0.2, 0) is 17.8 Å². The Balaban J connectivity index is 1.61. The molecule has 0 bridgehead atoms. The van der Waals surface area contributed by atoms with Crippen molar-refractivity contribution in [3.63, 3.8) is 0 Å². The second-order valence-electron chi connectivity index (χ2n) is 7.04. The van der Waals surface area contributed by atoms with Gasteiger partial charge in [-0.15, -0.1) is 0 Å². The number of carbonyl (C=O) groups is 2. The minimum Gasteiger partial charge on any atom is -0.493 e. The van der Waals surface area contributed by atoms with E-state index in [4.69, 9.17) is 9.47 Å². The average Bonchev–Trinajstić information content (AvgIpc) is 2.78. The first kappa shape index (κ1) is 19.5. The highest BCUT2D eigenvalue weighted by atomic mass is 16.5. The molecule has 30 heavy (non-hydrogen) atoms. The first-order valence-corrected chi connectivity index (χ1v) is 9.58. The van der Waals surface area contributed by atoms with E-state index in [9.17, 15) is 14.7 Å². The van der Waals surface area contributed by atoms with E-state index >= 15 is 0 Å². The van der Waals surface area contributed by atoms with E-state index in [1.807, 2.05) is 36.4 Å². The molecule has 3 aromatic rings. The number of para-hydroxylation sites is 2. The third-order valence-corrected chi connectivity index (χ3v) is 5.17. The van der Waals surface area contributed by atoms with E-state index in [1.54, 1.807) is 43.5 Å². The third-order valence-electron chi connectivity index (χ3n) is 5.17. The highest BCUT2D eigenvalue weighted by Gasteiger charge is 2.35. The van der Waals surface area contributed by atoms with Gasteiger partial charge in [0.25, 0.3) is 5.91 Å². The fourth-order valence-electron chi connectivity index (χ4n) is 3.65. The number of aliphatic carboxylic acids is 1. The Morgan fingerprint density at radius 3 is 2.37 bits per heavy atom. The van der Waals surface area contributed by atoms with Crippen molar-refractivity contribution in [3.05, 3.63) is 89.5 Å². The number of fused-ring (bicyclic) bond motifs is 1. The Labute approximate surface area is 174 Å². The largest absolute Gasteiger partial charge is 0.493 e. The molecule has 1 unspecified atom stereocenters. The summed E-state index contributed by atoms with van der Waals surface area (Å²) < 4.78 is 11.2. The number of amides is 1. The lowest BCUT2D eigenvalue weighted by molar-refractivity contribution is -0.142. The van der Waals surface area contributed by atoms with Crippen molar-refractivity contribution in [2.24, 2.45) is 0 Å². The summed E-state index contributed by atoms with van der Waals surface area (Å²) in [6, 6.07) is 20.7. The molecule has 1 aliphatic rings. The molecule has 0 saturated carbocycles. The van der Waals surface area contributed by atoms with Gasteiger partial charge < -0.3 is 19.5 Å². The van der Waals surface area contributed by atoms with Gasteiger partial charge in [0.05, 0.1) is 7.11 Å². The van der Waals surface area contributed by atoms with Crippen LogP contribution < -0.4 is 9.47 Å². The van der Waals surface area contributed by atoms with Gasteiger partial charge in [0, 0.05) is 18.5 Å². The lowest BCUT2D eigenvalue weighted by atomic mass is 9.93. The van der Waals surface area contributed by atoms with Crippen molar-refractivity contribution in [2.45, 2.75) is 19.0 Å². The highest BCUT2D eigenvalue weighted by molar-refractivity contribution is 5.97. The first-order valence-electron chi connectivity index (χ1n) is 9.58. The summed E-state index contributed by atoms with van der Waals surface area (Å²) in [5.74, 6) is 0.212. The van der Waals surface area contributed by atoms with Crippen molar-refractivity contribution in [1.82, 2.24) is 4.90 Å². The Bertz CT molecular complexity index is 1090. The maximum absolute atomic E-state index is 13.2. The van der Waals surface area contributed by atoms with E-state index < -0.39 is 12.0 Å². The molecule has 6 nitrogen and oxygen atoms in total. The number of carboxylic acids is 1. The molecule has 0 aromatic heterocycles. The Morgan fingerprint density at radius 1 is 0.933 bits per heavy atom. The average molecular weight is 403 g/mol. The van der Waals surface area contributed by atoms with Crippen LogP contribution in [-0.4, -0.2) is 35.0 Å². The number of ether oxygens (including phenoxy) is 2. The van der Waals surface area contributed by atoms with Crippen LogP contribution in [0.5, 0.6) is 17.2 Å². The van der Waals surface area contributed by atoms with Gasteiger partial charge in [0.1, 0.15) is 11.8 Å². The molecule has 1 heterocycles. The molecular weight excluding hydrogens is 382 g/mol. The van der Waals surface area contributed by atoms with Crippen LogP contribution in [0.3, 0.4) is 0 Å². The van der Waals surface area contributed by atoms with E-state index in [0.29, 0.717) is 22.8 Å². The smallest absolute Gasteiger partial charge is 0.326 e. The molecule has 1 aliphatic heterocycles. The quantitative estimate of drug-likeness (QED) is 0.693. The molecule has 0 radical (unpaired) electrons. The number of carbonyl (C=O) groups excluding carboxylic acids is 1. The molecule has 0 aliphatic carbocycles. The molecule has 1 amide bonds. The maximum Gasteiger partial charge on any atom is 0.326 e. The Kier molecular flexibility index (Phi) is 5.39. The number of methoxy groups -OCH3 is 1. The number of hydrogen-bond acceptors (Lipinski definition) is 4. The Hall–Kier alpha value is -3.80. The molecule has 0 spiro atoms. The molecule has 0 fully saturated rings. The van der Waals surface area contributed by atoms with Crippen LogP contribution in [0.1, 0.15) is 21.5 Å². The summed E-state index contributed by atoms with van der Waals surface area (Å²) in [6.45, 7) is 0.254. The molecule has 0 saturated heterocycles. The van der Waals surface area contributed by atoms with Gasteiger partial charge in [-0.2, -0.15) is 0 Å². The molecule has 1 atom stereocenters. The number of benzene rings is 3. The highest BCUT2D eigenvalue weighted by Crippen LogP contribution is 2.32. The standard InChI is InChI=1S/C24H21NO5/c1-29-21-11-4-5-12-22(21)30-19-10-6-9-17(13-19)23(26)25-15-18-8-3-2-7-16(18)14-20(25)24(27)28/h2-13,20H,14-15H2,1H3,(H,27,28). The van der Waals surface area contributed by atoms with Crippen molar-refractivity contribution >= 4 is 11.9 Å². The SMILES string of the molecule is COc1ccccc1Oc1cccc(C(=O)N2Cc3ccccc3CC2C(=O)O)c1. The van der Waals surface area contributed by atoms with Gasteiger partial charge in [-0.3, -0.25) is 4.79 Å². The zero-order valence-electron chi connectivity index (χ0n) is 16.4. The van der Waals surface area contributed by atoms with E-state index in [0.717, 1.165) is 11.1 Å². The van der Waals surface area contributed by atoms with Crippen molar-refractivity contribution in [1.29, 1.82) is 0 Å². The van der Waals surface area contributed by atoms with Gasteiger partial charge in [0.2, 0.25) is 0 Å². The maximum atomic E-state index is 13.2. The predicted molar refractivity (Wildman–Crippen MR) is 111 cm³/mol. The summed E-state index contributed by atoms with van der Waals surface area (Å²) in [5.41, 5.74) is 2.29. The second kappa shape index (κ2) is 8.29. The van der Waals surface area contributed by atoms with Crippen LogP contribution in [0, 0.1) is 0 Å². The summed E-state index contributed by atoms with van der Waals surface area (Å²) in [6.07, 6.45) is 0.286. The molecule has 3 aromatic carbocycles. The fraction of sp³-hybridized carbons (Fsp3) is 0.167. The normalized spacial score (nSPS) is 15.2. The lowest BCUT2D eigenvalue weighted by Gasteiger charge is -2.34. The van der Waals surface area contributed by atoms with Crippen molar-refractivity contribution in [3.8, 4) is 17.2 Å². The summed E-state index contributed by atoms with van der Waals surface area (Å²) in [5, 5.41) is 9.70. The molecular formula is C24H21NO5. The zero-order chi connectivity index (χ0) is 21.1. The van der Waals surface area contributed by atoms with Gasteiger partial charge >= 0.3 is 5.97 Å². The van der Waals surface area contributed by atoms with Gasteiger partial charge in [-0.1, -0.05) is 42.5 Å². The van der Waals surface area contributed by atoms with E-state index in [-0.39, 0.29) is 18.9 Å². The number of carboxylic acid groups (broad SMARTS) is 1. The van der Waals surface area contributed by atoms with Crippen molar-refractivity contribution in [2.75, 3.05) is 7.11 Å². The minimum absolute atomic E-state index is 0.254. The number of nitrogens with zero attached hydrogens (tertiary/aromatic N) is 1. The van der Waals surface area contributed by atoms with Gasteiger partial charge in [-0.25, -0.2) is 4.79 Å². The van der Waals surface area contributed by atoms with Crippen LogP contribution in [0.25, 0.3) is 0 Å². The number of hydrogen-bond donors (Lipinski definition) is 1. The van der Waals surface area contributed by atoms with Gasteiger partial charge in [0.15, 0.2) is 11.5 Å². The zero-order valence-corrected chi connectivity index (χ0v) is 16.4. The molecule has 4 rings (SSSR count). The van der Waals surface area contributed by atoms with Gasteiger partial charge in [-0.05, 0) is 41.5 Å². The minimum atomic E-state index is -1.01. The third kappa shape index (κ3) is 3.85. The molecule has 1 N–H and O–H groups in total. The summed E-state index contributed by atoms with van der Waals surface area (Å²) >= 11 is 0. The van der Waals surface area contributed by atoms with Crippen LogP contribution in [0.4, 0.5) is 0 Å². The molecule has 6 heteroatoms. The predicted octanol–water partition coefficient (Wildman–Crippen LogP) is 4.14. The summed E-state index contributed by atoms with van der Waals surface area (Å²) in [4.78, 5) is 26.5. The first-order chi connectivity index (χ1) is 14.6. The summed E-state index contributed by atoms with van der Waals surface area (Å²) in [7, 11) is 1.56. The lowest BCUT2D eigenvalue weighted by Crippen LogP contribution is -2.48. The van der Waals surface area contributed by atoms with E-state index in [1.165, 1.54) is 4.90 Å². The fourth-order valence-corrected chi connectivity index (χ4v) is 3.65. The second-order valence-corrected chi connectivity index (χ2v) is 7.04. The van der Waals surface area contributed by atoms with Crippen LogP contribution in [0.15, 0.2) is 72.8 Å².